The molecule has 4 aromatic rings. The van der Waals surface area contributed by atoms with Crippen molar-refractivity contribution in [1.82, 2.24) is 28.8 Å². The summed E-state index contributed by atoms with van der Waals surface area (Å²) in [7, 11) is 3.45. The Morgan fingerprint density at radius 3 is 2.92 bits per heavy atom. The predicted molar refractivity (Wildman–Crippen MR) is 139 cm³/mol. The van der Waals surface area contributed by atoms with E-state index in [0.29, 0.717) is 41.0 Å². The minimum atomic E-state index is -0.312. The molecule has 2 aliphatic heterocycles. The fraction of sp³-hybridized carbons (Fsp3) is 0.407. The molecule has 1 amide bonds. The Hall–Kier alpha value is -3.92. The monoisotopic (exact) mass is 499 g/mol. The first-order chi connectivity index (χ1) is 17.9. The Labute approximate surface area is 213 Å². The van der Waals surface area contributed by atoms with Crippen LogP contribution in [0, 0.1) is 5.92 Å². The van der Waals surface area contributed by atoms with Gasteiger partial charge in [-0.2, -0.15) is 5.10 Å². The van der Waals surface area contributed by atoms with Crippen molar-refractivity contribution < 1.29 is 9.53 Å². The number of piperidine rings is 1. The maximum atomic E-state index is 13.7. The number of ether oxygens (including phenoxy) is 1. The molecule has 7 rings (SSSR count). The van der Waals surface area contributed by atoms with Crippen molar-refractivity contribution in [3.63, 3.8) is 0 Å². The highest BCUT2D eigenvalue weighted by atomic mass is 16.5. The fourth-order valence-electron chi connectivity index (χ4n) is 6.65. The van der Waals surface area contributed by atoms with E-state index in [1.165, 1.54) is 4.57 Å². The summed E-state index contributed by atoms with van der Waals surface area (Å²) in [6, 6.07) is 9.70. The quantitative estimate of drug-likeness (QED) is 0.399. The first kappa shape index (κ1) is 22.3. The van der Waals surface area contributed by atoms with E-state index in [-0.39, 0.29) is 17.0 Å². The van der Waals surface area contributed by atoms with Crippen LogP contribution in [0.4, 0.5) is 5.95 Å². The molecule has 190 valence electrons. The van der Waals surface area contributed by atoms with Gasteiger partial charge in [0.25, 0.3) is 11.5 Å². The number of aromatic nitrogens is 5. The summed E-state index contributed by atoms with van der Waals surface area (Å²) in [5.74, 6) is 1.35. The highest BCUT2D eigenvalue weighted by Gasteiger charge is 2.48. The van der Waals surface area contributed by atoms with Gasteiger partial charge in [0.15, 0.2) is 0 Å². The molecule has 3 aromatic heterocycles. The number of anilines is 1. The predicted octanol–water partition coefficient (Wildman–Crippen LogP) is 2.59. The van der Waals surface area contributed by atoms with Gasteiger partial charge in [-0.15, -0.1) is 0 Å². The maximum Gasteiger partial charge on any atom is 0.259 e. The van der Waals surface area contributed by atoms with Crippen molar-refractivity contribution in [2.24, 2.45) is 20.0 Å². The SMILES string of the molecule is Cn1ncc2c1OCCN1CC3CCC(C3)(C1)n1c(nc3ccccc31)NC(=O)c1cc-2c(=O)n(C)c1. The van der Waals surface area contributed by atoms with Crippen LogP contribution in [0.15, 0.2) is 47.5 Å². The van der Waals surface area contributed by atoms with Crippen LogP contribution in [0.3, 0.4) is 0 Å². The molecule has 3 aliphatic rings. The fourth-order valence-corrected chi connectivity index (χ4v) is 6.65. The zero-order valence-electron chi connectivity index (χ0n) is 21.0. The number of nitrogens with one attached hydrogen (secondary N) is 1. The second-order valence-corrected chi connectivity index (χ2v) is 10.7. The first-order valence-electron chi connectivity index (χ1n) is 12.8. The van der Waals surface area contributed by atoms with Crippen molar-refractivity contribution in [1.29, 1.82) is 0 Å². The maximum absolute atomic E-state index is 13.7. The molecule has 5 bridgehead atoms. The van der Waals surface area contributed by atoms with Gasteiger partial charge in [0, 0.05) is 39.9 Å². The van der Waals surface area contributed by atoms with Crippen LogP contribution in [0.25, 0.3) is 22.2 Å². The minimum Gasteiger partial charge on any atom is -0.476 e. The van der Waals surface area contributed by atoms with Gasteiger partial charge in [-0.05, 0) is 43.4 Å². The molecule has 3 unspecified atom stereocenters. The second-order valence-electron chi connectivity index (χ2n) is 10.7. The van der Waals surface area contributed by atoms with Crippen molar-refractivity contribution in [3.8, 4) is 17.0 Å². The number of benzene rings is 1. The van der Waals surface area contributed by atoms with Gasteiger partial charge in [0.2, 0.25) is 11.8 Å². The molecular weight excluding hydrogens is 470 g/mol. The molecular formula is C27H29N7O3. The van der Waals surface area contributed by atoms with Crippen LogP contribution in [0.1, 0.15) is 29.6 Å². The normalized spacial score (nSPS) is 25.0. The van der Waals surface area contributed by atoms with Crippen LogP contribution in [-0.2, 0) is 19.6 Å². The average Bonchev–Trinajstić information content (AvgIpc) is 3.53. The molecule has 1 saturated carbocycles. The van der Waals surface area contributed by atoms with Crippen LogP contribution >= 0.6 is 0 Å². The van der Waals surface area contributed by atoms with E-state index < -0.39 is 0 Å². The van der Waals surface area contributed by atoms with Crippen LogP contribution in [0.2, 0.25) is 0 Å². The van der Waals surface area contributed by atoms with Crippen LogP contribution < -0.4 is 15.6 Å². The number of nitrogens with zero attached hydrogens (tertiary/aromatic N) is 6. The zero-order valence-corrected chi connectivity index (χ0v) is 21.0. The molecule has 1 spiro atoms. The Balaban J connectivity index is 1.43. The number of hydrogen-bond acceptors (Lipinski definition) is 6. The lowest BCUT2D eigenvalue weighted by atomic mass is 9.90. The highest BCUT2D eigenvalue weighted by Crippen LogP contribution is 2.48. The van der Waals surface area contributed by atoms with Crippen molar-refractivity contribution in [2.45, 2.75) is 24.8 Å². The average molecular weight is 500 g/mol. The van der Waals surface area contributed by atoms with Gasteiger partial charge in [0.1, 0.15) is 6.61 Å². The van der Waals surface area contributed by atoms with Crippen molar-refractivity contribution in [2.75, 3.05) is 31.6 Å². The number of hydrogen-bond donors (Lipinski definition) is 1. The summed E-state index contributed by atoms with van der Waals surface area (Å²) >= 11 is 0. The smallest absolute Gasteiger partial charge is 0.259 e. The number of aryl methyl sites for hydroxylation is 2. The molecule has 37 heavy (non-hydrogen) atoms. The molecule has 1 saturated heterocycles. The zero-order chi connectivity index (χ0) is 25.3. The number of carbonyl (C=O) groups excluding carboxylic acids is 1. The summed E-state index contributed by atoms with van der Waals surface area (Å²) in [6.45, 7) is 3.13. The minimum absolute atomic E-state index is 0.159. The van der Waals surface area contributed by atoms with E-state index in [4.69, 9.17) is 9.72 Å². The molecule has 1 aromatic carbocycles. The number of rotatable bonds is 0. The van der Waals surface area contributed by atoms with E-state index in [0.717, 1.165) is 49.9 Å². The Morgan fingerprint density at radius 1 is 1.16 bits per heavy atom. The standard InChI is InChI=1S/C27H29N7O3/c1-31-15-18-11-19(24(31)36)20-13-28-32(2)25(20)37-10-9-33-14-17-7-8-27(12-17,16-33)34-22-6-4-3-5-21(22)29-26(34)30-23(18)35/h3-6,11,13,15,17H,7-10,12,14,16H2,1-2H3,(H,29,30,35). The van der Waals surface area contributed by atoms with Gasteiger partial charge < -0.3 is 13.9 Å². The molecule has 3 atom stereocenters. The topological polar surface area (TPSA) is 99.2 Å². The largest absolute Gasteiger partial charge is 0.476 e. The van der Waals surface area contributed by atoms with Crippen molar-refractivity contribution in [3.05, 3.63) is 58.6 Å². The third-order valence-corrected chi connectivity index (χ3v) is 8.25. The summed E-state index contributed by atoms with van der Waals surface area (Å²) < 4.78 is 11.6. The van der Waals surface area contributed by atoms with E-state index in [9.17, 15) is 9.59 Å². The lowest BCUT2D eigenvalue weighted by Crippen LogP contribution is -2.50. The van der Waals surface area contributed by atoms with Gasteiger partial charge in [0.05, 0.1) is 39.5 Å². The Morgan fingerprint density at radius 2 is 2.03 bits per heavy atom. The second kappa shape index (κ2) is 8.04. The summed E-state index contributed by atoms with van der Waals surface area (Å²) in [5, 5.41) is 7.46. The molecule has 1 aliphatic carbocycles. The summed E-state index contributed by atoms with van der Waals surface area (Å²) in [5.41, 5.74) is 2.83. The van der Waals surface area contributed by atoms with E-state index in [1.54, 1.807) is 37.2 Å². The third kappa shape index (κ3) is 3.42. The van der Waals surface area contributed by atoms with Gasteiger partial charge in [-0.1, -0.05) is 12.1 Å². The number of pyridine rings is 1. The lowest BCUT2D eigenvalue weighted by Gasteiger charge is -2.42. The van der Waals surface area contributed by atoms with Crippen LogP contribution in [0.5, 0.6) is 5.88 Å². The molecule has 5 heterocycles. The van der Waals surface area contributed by atoms with Gasteiger partial charge in [-0.3, -0.25) is 19.8 Å². The third-order valence-electron chi connectivity index (χ3n) is 8.25. The summed E-state index contributed by atoms with van der Waals surface area (Å²) in [4.78, 5) is 34.1. The number of carbonyl (C=O) groups is 1. The van der Waals surface area contributed by atoms with E-state index in [1.807, 2.05) is 18.2 Å². The highest BCUT2D eigenvalue weighted by molar-refractivity contribution is 6.04. The Kier molecular flexibility index (Phi) is 4.84. The molecule has 0 radical (unpaired) electrons. The van der Waals surface area contributed by atoms with E-state index in [2.05, 4.69) is 25.9 Å². The molecule has 2 fully saturated rings. The number of fused-ring (bicyclic) bond motifs is 9. The lowest BCUT2D eigenvalue weighted by molar-refractivity contribution is 0.0902. The molecule has 1 N–H and O–H groups in total. The Bertz CT molecular complexity index is 1620. The van der Waals surface area contributed by atoms with Crippen LogP contribution in [-0.4, -0.2) is 60.9 Å². The summed E-state index contributed by atoms with van der Waals surface area (Å²) in [6.07, 6.45) is 6.43. The first-order valence-corrected chi connectivity index (χ1v) is 12.8. The van der Waals surface area contributed by atoms with Gasteiger partial charge in [-0.25, -0.2) is 9.67 Å². The number of amides is 1. The van der Waals surface area contributed by atoms with Gasteiger partial charge >= 0.3 is 0 Å². The molecule has 10 heteroatoms. The number of imidazole rings is 1. The molecule has 10 nitrogen and oxygen atoms in total. The van der Waals surface area contributed by atoms with Crippen molar-refractivity contribution >= 4 is 22.9 Å². The van der Waals surface area contributed by atoms with E-state index >= 15 is 0 Å². The number of para-hydroxylation sites is 2.